The summed E-state index contributed by atoms with van der Waals surface area (Å²) in [6.07, 6.45) is 7.53. The highest BCUT2D eigenvalue weighted by Crippen LogP contribution is 2.42. The number of nitrogens with zero attached hydrogens (tertiary/aromatic N) is 1. The second-order valence-electron chi connectivity index (χ2n) is 4.36. The lowest BCUT2D eigenvalue weighted by Crippen LogP contribution is -2.40. The number of amides is 1. The van der Waals surface area contributed by atoms with Crippen LogP contribution in [0.5, 0.6) is 0 Å². The average Bonchev–Trinajstić information content (AvgIpc) is 2.28. The van der Waals surface area contributed by atoms with Crippen LogP contribution in [0.2, 0.25) is 0 Å². The summed E-state index contributed by atoms with van der Waals surface area (Å²) in [4.78, 5) is 15.4. The van der Waals surface area contributed by atoms with E-state index in [1.807, 2.05) is 11.8 Å². The van der Waals surface area contributed by atoms with E-state index in [4.69, 9.17) is 5.73 Å². The maximum atomic E-state index is 11.2. The van der Waals surface area contributed by atoms with Gasteiger partial charge in [0, 0.05) is 17.5 Å². The second-order valence-corrected chi connectivity index (χ2v) is 5.63. The summed E-state index contributed by atoms with van der Waals surface area (Å²) in [5.41, 5.74) is 5.77. The highest BCUT2D eigenvalue weighted by Gasteiger charge is 2.36. The van der Waals surface area contributed by atoms with Crippen LogP contribution >= 0.6 is 11.8 Å². The van der Waals surface area contributed by atoms with E-state index in [9.17, 15) is 4.79 Å². The van der Waals surface area contributed by atoms with Crippen molar-refractivity contribution in [1.82, 2.24) is 4.98 Å². The molecule has 0 saturated heterocycles. The lowest BCUT2D eigenvalue weighted by Gasteiger charge is -2.40. The summed E-state index contributed by atoms with van der Waals surface area (Å²) in [5.74, 6) is 0.160. The first-order valence-corrected chi connectivity index (χ1v) is 6.93. The van der Waals surface area contributed by atoms with E-state index in [1.165, 1.54) is 19.3 Å². The Kier molecular flexibility index (Phi) is 3.57. The number of carbonyl (C=O) groups is 1. The van der Waals surface area contributed by atoms with Gasteiger partial charge in [-0.2, -0.15) is 11.8 Å². The molecule has 0 spiro atoms. The number of nitrogens with two attached hydrogens (primary N) is 1. The number of pyridine rings is 1. The molecule has 3 N–H and O–H groups in total. The molecule has 0 aromatic carbocycles. The molecule has 1 fully saturated rings. The van der Waals surface area contributed by atoms with Gasteiger partial charge in [0.25, 0.3) is 5.91 Å². The summed E-state index contributed by atoms with van der Waals surface area (Å²) in [6, 6.07) is 3.42. The molecule has 1 aromatic heterocycles. The van der Waals surface area contributed by atoms with E-state index in [0.29, 0.717) is 16.1 Å². The highest BCUT2D eigenvalue weighted by molar-refractivity contribution is 8.00. The van der Waals surface area contributed by atoms with Crippen molar-refractivity contribution in [1.29, 1.82) is 0 Å². The van der Waals surface area contributed by atoms with Crippen LogP contribution in [0.15, 0.2) is 18.3 Å². The van der Waals surface area contributed by atoms with Crippen molar-refractivity contribution in [2.75, 3.05) is 18.1 Å². The number of hydrogen-bond acceptors (Lipinski definition) is 4. The topological polar surface area (TPSA) is 68.0 Å². The Bertz CT molecular complexity index is 412. The fourth-order valence-electron chi connectivity index (χ4n) is 2.01. The fourth-order valence-corrected chi connectivity index (χ4v) is 2.93. The van der Waals surface area contributed by atoms with Gasteiger partial charge < -0.3 is 11.1 Å². The van der Waals surface area contributed by atoms with Gasteiger partial charge in [0.05, 0.1) is 5.56 Å². The molecule has 0 aliphatic heterocycles. The van der Waals surface area contributed by atoms with Crippen LogP contribution < -0.4 is 11.1 Å². The van der Waals surface area contributed by atoms with Crippen molar-refractivity contribution < 1.29 is 4.79 Å². The normalized spacial score (nSPS) is 17.2. The predicted octanol–water partition coefficient (Wildman–Crippen LogP) is 1.88. The number of aromatic nitrogens is 1. The SMILES string of the molecule is CSC1(CNc2ncccc2C(N)=O)CCC1. The first-order chi connectivity index (χ1) is 8.17. The van der Waals surface area contributed by atoms with Gasteiger partial charge >= 0.3 is 0 Å². The highest BCUT2D eigenvalue weighted by atomic mass is 32.2. The number of carbonyl (C=O) groups excluding carboxylic acids is 1. The van der Waals surface area contributed by atoms with Crippen LogP contribution in [0.25, 0.3) is 0 Å². The zero-order valence-electron chi connectivity index (χ0n) is 9.90. The lowest BCUT2D eigenvalue weighted by molar-refractivity contribution is 0.100. The van der Waals surface area contributed by atoms with Gasteiger partial charge in [0.1, 0.15) is 5.82 Å². The number of anilines is 1. The molecule has 1 amide bonds. The van der Waals surface area contributed by atoms with Crippen molar-refractivity contribution in [2.45, 2.75) is 24.0 Å². The molecular formula is C12H17N3OS. The van der Waals surface area contributed by atoms with Gasteiger partial charge in [0.2, 0.25) is 0 Å². The number of nitrogens with one attached hydrogen (secondary N) is 1. The van der Waals surface area contributed by atoms with Gasteiger partial charge in [-0.15, -0.1) is 0 Å². The minimum Gasteiger partial charge on any atom is -0.368 e. The maximum Gasteiger partial charge on any atom is 0.252 e. The van der Waals surface area contributed by atoms with Gasteiger partial charge in [-0.3, -0.25) is 4.79 Å². The molecule has 1 aliphatic rings. The predicted molar refractivity (Wildman–Crippen MR) is 71.3 cm³/mol. The molecule has 0 atom stereocenters. The zero-order valence-corrected chi connectivity index (χ0v) is 10.7. The Balaban J connectivity index is 2.06. The first kappa shape index (κ1) is 12.2. The van der Waals surface area contributed by atoms with Crippen molar-refractivity contribution in [3.63, 3.8) is 0 Å². The van der Waals surface area contributed by atoms with Crippen molar-refractivity contribution in [2.24, 2.45) is 5.73 Å². The molecular weight excluding hydrogens is 234 g/mol. The van der Waals surface area contributed by atoms with Crippen LogP contribution in [0, 0.1) is 0 Å². The average molecular weight is 251 g/mol. The third kappa shape index (κ3) is 2.54. The largest absolute Gasteiger partial charge is 0.368 e. The fraction of sp³-hybridized carbons (Fsp3) is 0.500. The van der Waals surface area contributed by atoms with E-state index in [-0.39, 0.29) is 0 Å². The number of rotatable bonds is 5. The summed E-state index contributed by atoms with van der Waals surface area (Å²) >= 11 is 1.89. The van der Waals surface area contributed by atoms with E-state index in [2.05, 4.69) is 16.6 Å². The summed E-state index contributed by atoms with van der Waals surface area (Å²) in [6.45, 7) is 0.839. The number of primary amides is 1. The van der Waals surface area contributed by atoms with Gasteiger partial charge in [-0.1, -0.05) is 6.42 Å². The Morgan fingerprint density at radius 2 is 2.41 bits per heavy atom. The van der Waals surface area contributed by atoms with Gasteiger partial charge in [0.15, 0.2) is 0 Å². The minimum absolute atomic E-state index is 0.312. The summed E-state index contributed by atoms with van der Waals surface area (Å²) < 4.78 is 0.312. The quantitative estimate of drug-likeness (QED) is 0.838. The van der Waals surface area contributed by atoms with Crippen molar-refractivity contribution in [3.8, 4) is 0 Å². The molecule has 0 radical (unpaired) electrons. The molecule has 0 bridgehead atoms. The van der Waals surface area contributed by atoms with Crippen LogP contribution in [-0.2, 0) is 0 Å². The third-order valence-electron chi connectivity index (χ3n) is 3.35. The second kappa shape index (κ2) is 4.96. The van der Waals surface area contributed by atoms with E-state index < -0.39 is 5.91 Å². The maximum absolute atomic E-state index is 11.2. The number of hydrogen-bond donors (Lipinski definition) is 2. The molecule has 1 saturated carbocycles. The molecule has 17 heavy (non-hydrogen) atoms. The van der Waals surface area contributed by atoms with Crippen molar-refractivity contribution >= 4 is 23.5 Å². The molecule has 0 unspecified atom stereocenters. The molecule has 5 heteroatoms. The Morgan fingerprint density at radius 3 is 2.94 bits per heavy atom. The summed E-state index contributed by atoms with van der Waals surface area (Å²) in [7, 11) is 0. The monoisotopic (exact) mass is 251 g/mol. The van der Waals surface area contributed by atoms with E-state index in [1.54, 1.807) is 18.3 Å². The van der Waals surface area contributed by atoms with E-state index >= 15 is 0 Å². The van der Waals surface area contributed by atoms with Crippen LogP contribution in [-0.4, -0.2) is 28.4 Å². The Labute approximate surface area is 105 Å². The lowest BCUT2D eigenvalue weighted by atomic mass is 9.84. The van der Waals surface area contributed by atoms with Crippen LogP contribution in [0.4, 0.5) is 5.82 Å². The zero-order chi connectivity index (χ0) is 12.3. The number of thioether (sulfide) groups is 1. The van der Waals surface area contributed by atoms with Crippen LogP contribution in [0.1, 0.15) is 29.6 Å². The molecule has 1 heterocycles. The third-order valence-corrected chi connectivity index (χ3v) is 4.77. The van der Waals surface area contributed by atoms with E-state index in [0.717, 1.165) is 6.54 Å². The first-order valence-electron chi connectivity index (χ1n) is 5.71. The Morgan fingerprint density at radius 1 is 1.65 bits per heavy atom. The van der Waals surface area contributed by atoms with Gasteiger partial charge in [-0.25, -0.2) is 4.98 Å². The molecule has 2 rings (SSSR count). The molecule has 1 aliphatic carbocycles. The minimum atomic E-state index is -0.438. The molecule has 92 valence electrons. The Hall–Kier alpha value is -1.23. The van der Waals surface area contributed by atoms with Gasteiger partial charge in [-0.05, 0) is 31.2 Å². The summed E-state index contributed by atoms with van der Waals surface area (Å²) in [5, 5.41) is 3.26. The van der Waals surface area contributed by atoms with Crippen LogP contribution in [0.3, 0.4) is 0 Å². The standard InChI is InChI=1S/C12H17N3OS/c1-17-12(5-3-6-12)8-15-11-9(10(13)16)4-2-7-14-11/h2,4,7H,3,5-6,8H2,1H3,(H2,13,16)(H,14,15). The molecule has 1 aromatic rings. The smallest absolute Gasteiger partial charge is 0.252 e. The van der Waals surface area contributed by atoms with Crippen molar-refractivity contribution in [3.05, 3.63) is 23.9 Å². The molecule has 4 nitrogen and oxygen atoms in total.